The molecule has 0 radical (unpaired) electrons. The van der Waals surface area contributed by atoms with Crippen molar-refractivity contribution in [1.82, 2.24) is 0 Å². The molecule has 2 aromatic carbocycles. The summed E-state index contributed by atoms with van der Waals surface area (Å²) in [6.07, 6.45) is 0. The Balaban J connectivity index is 2.13. The van der Waals surface area contributed by atoms with Gasteiger partial charge in [-0.05, 0) is 55.7 Å². The van der Waals surface area contributed by atoms with Crippen LogP contribution >= 0.6 is 28.3 Å². The Hall–Kier alpha value is -1.08. The van der Waals surface area contributed by atoms with Gasteiger partial charge in [-0.1, -0.05) is 8.93 Å². The van der Waals surface area contributed by atoms with E-state index >= 15 is 0 Å². The second kappa shape index (κ2) is 5.96. The zero-order chi connectivity index (χ0) is 15.0. The summed E-state index contributed by atoms with van der Waals surface area (Å²) in [6, 6.07) is 13.1. The Labute approximate surface area is 137 Å². The van der Waals surface area contributed by atoms with Crippen molar-refractivity contribution in [3.05, 3.63) is 44.9 Å². The van der Waals surface area contributed by atoms with Crippen LogP contribution in [0.2, 0.25) is 0 Å². The summed E-state index contributed by atoms with van der Waals surface area (Å²) in [5.41, 5.74) is 3.59. The lowest BCUT2D eigenvalue weighted by molar-refractivity contribution is 1.12. The van der Waals surface area contributed by atoms with Gasteiger partial charge in [0.25, 0.3) is 0 Å². The van der Waals surface area contributed by atoms with Gasteiger partial charge < -0.3 is 9.80 Å². The molecule has 0 atom stereocenters. The molecule has 110 valence electrons. The van der Waals surface area contributed by atoms with Crippen molar-refractivity contribution < 1.29 is 0 Å². The second-order valence-corrected chi connectivity index (χ2v) is 9.90. The topological polar surface area (TPSA) is 18.8 Å². The number of anilines is 2. The summed E-state index contributed by atoms with van der Waals surface area (Å²) in [7, 11) is 10.3. The van der Waals surface area contributed by atoms with Crippen LogP contribution in [0.4, 0.5) is 17.1 Å². The third-order valence-corrected chi connectivity index (χ3v) is 8.46. The fraction of sp³-hybridized carbons (Fsp3) is 0.250. The molecule has 0 saturated heterocycles. The highest BCUT2D eigenvalue weighted by molar-refractivity contribution is 14.2. The van der Waals surface area contributed by atoms with Crippen LogP contribution in [-0.2, 0) is 0 Å². The van der Waals surface area contributed by atoms with E-state index in [1.54, 1.807) is 0 Å². The largest absolute Gasteiger partial charge is 0.378 e. The zero-order valence-electron chi connectivity index (χ0n) is 12.6. The Kier molecular flexibility index (Phi) is 4.21. The zero-order valence-corrected chi connectivity index (χ0v) is 15.6. The molecule has 0 fully saturated rings. The van der Waals surface area contributed by atoms with Crippen LogP contribution < -0.4 is 15.2 Å². The van der Waals surface area contributed by atoms with Crippen LogP contribution in [0.3, 0.4) is 0 Å². The second-order valence-electron chi connectivity index (χ2n) is 5.34. The fourth-order valence-electron chi connectivity index (χ4n) is 2.07. The molecule has 1 aliphatic rings. The Morgan fingerprint density at radius 1 is 0.905 bits per heavy atom. The van der Waals surface area contributed by atoms with Crippen molar-refractivity contribution in [3.63, 3.8) is 0 Å². The average Bonchev–Trinajstić information content (AvgIpc) is 2.64. The maximum Gasteiger partial charge on any atom is 0.0782 e. The predicted molar refractivity (Wildman–Crippen MR) is 101 cm³/mol. The van der Waals surface area contributed by atoms with Crippen LogP contribution in [0.1, 0.15) is 0 Å². The molecule has 0 aromatic heterocycles. The summed E-state index contributed by atoms with van der Waals surface area (Å²) in [6.45, 7) is 0. The van der Waals surface area contributed by atoms with Crippen LogP contribution in [0, 0.1) is 3.15 Å². The molecular weight excluding hydrogens is 393 g/mol. The minimum atomic E-state index is -0.119. The van der Waals surface area contributed by atoms with Gasteiger partial charge in [-0.25, -0.2) is 4.99 Å². The average molecular weight is 411 g/mol. The quantitative estimate of drug-likeness (QED) is 0.696. The molecular formula is C16H18IN3S. The van der Waals surface area contributed by atoms with E-state index in [9.17, 15) is 0 Å². The van der Waals surface area contributed by atoms with E-state index in [4.69, 9.17) is 4.99 Å². The minimum Gasteiger partial charge on any atom is -0.378 e. The molecule has 0 bridgehead atoms. The molecule has 3 nitrogen and oxygen atoms in total. The summed E-state index contributed by atoms with van der Waals surface area (Å²) < 4.78 is 1.41. The molecule has 0 spiro atoms. The summed E-state index contributed by atoms with van der Waals surface area (Å²) >= 11 is -0.119. The first-order valence-electron chi connectivity index (χ1n) is 6.71. The van der Waals surface area contributed by atoms with Crippen LogP contribution in [-0.4, -0.2) is 28.2 Å². The standard InChI is InChI=1S/C16H18IN3S/c1-19(2)11-5-7-14-13(9-11)17-21-16-10-12(20(3)4)6-8-15(16)18-14/h5-10H,1-4H3. The maximum atomic E-state index is 4.87. The van der Waals surface area contributed by atoms with Crippen molar-refractivity contribution >= 4 is 45.3 Å². The van der Waals surface area contributed by atoms with E-state index in [1.807, 2.05) is 8.93 Å². The molecule has 0 N–H and O–H groups in total. The van der Waals surface area contributed by atoms with E-state index in [2.05, 4.69) is 74.4 Å². The molecule has 3 rings (SSSR count). The summed E-state index contributed by atoms with van der Waals surface area (Å²) in [5.74, 6) is 0. The van der Waals surface area contributed by atoms with Gasteiger partial charge >= 0.3 is 0 Å². The van der Waals surface area contributed by atoms with Crippen molar-refractivity contribution in [2.24, 2.45) is 4.99 Å². The van der Waals surface area contributed by atoms with Gasteiger partial charge in [-0.3, -0.25) is 0 Å². The molecule has 1 heterocycles. The number of hydrogen-bond acceptors (Lipinski definition) is 4. The first-order chi connectivity index (χ1) is 10.0. The predicted octanol–water partition coefficient (Wildman–Crippen LogP) is 4.01. The third-order valence-electron chi connectivity index (χ3n) is 3.35. The number of benzene rings is 2. The van der Waals surface area contributed by atoms with Gasteiger partial charge in [-0.2, -0.15) is 0 Å². The van der Waals surface area contributed by atoms with Gasteiger partial charge in [0.05, 0.1) is 11.0 Å². The lowest BCUT2D eigenvalue weighted by Crippen LogP contribution is -2.11. The van der Waals surface area contributed by atoms with Crippen molar-refractivity contribution in [1.29, 1.82) is 0 Å². The molecule has 0 amide bonds. The van der Waals surface area contributed by atoms with E-state index in [0.29, 0.717) is 0 Å². The van der Waals surface area contributed by atoms with Crippen molar-refractivity contribution in [3.8, 4) is 0 Å². The monoisotopic (exact) mass is 411 g/mol. The van der Waals surface area contributed by atoms with Gasteiger partial charge in [0, 0.05) is 47.6 Å². The van der Waals surface area contributed by atoms with Gasteiger partial charge in [0.2, 0.25) is 0 Å². The van der Waals surface area contributed by atoms with Gasteiger partial charge in [0.1, 0.15) is 0 Å². The Morgan fingerprint density at radius 2 is 1.57 bits per heavy atom. The van der Waals surface area contributed by atoms with Crippen LogP contribution in [0.5, 0.6) is 0 Å². The van der Waals surface area contributed by atoms with Crippen LogP contribution in [0.15, 0.2) is 46.3 Å². The van der Waals surface area contributed by atoms with Gasteiger partial charge in [0.15, 0.2) is 0 Å². The lowest BCUT2D eigenvalue weighted by atomic mass is 10.2. The number of nitrogens with zero attached hydrogens (tertiary/aromatic N) is 3. The molecule has 2 aromatic rings. The number of rotatable bonds is 2. The van der Waals surface area contributed by atoms with E-state index < -0.39 is 0 Å². The molecule has 1 aliphatic heterocycles. The normalized spacial score (nSPS) is 12.8. The third kappa shape index (κ3) is 3.08. The number of halogens is 1. The molecule has 21 heavy (non-hydrogen) atoms. The Morgan fingerprint density at radius 3 is 2.29 bits per heavy atom. The number of fused-ring (bicyclic) bond motifs is 2. The molecule has 0 aliphatic carbocycles. The highest BCUT2D eigenvalue weighted by atomic mass is 127. The Bertz CT molecular complexity index is 800. The number of hydrogen-bond donors (Lipinski definition) is 0. The van der Waals surface area contributed by atoms with Crippen molar-refractivity contribution in [2.45, 2.75) is 4.90 Å². The lowest BCUT2D eigenvalue weighted by Gasteiger charge is -2.13. The first kappa shape index (κ1) is 14.8. The summed E-state index contributed by atoms with van der Waals surface area (Å²) in [5, 5.41) is 1.14. The highest BCUT2D eigenvalue weighted by Gasteiger charge is 2.08. The molecule has 0 unspecified atom stereocenters. The van der Waals surface area contributed by atoms with Crippen molar-refractivity contribution in [2.75, 3.05) is 38.0 Å². The van der Waals surface area contributed by atoms with Gasteiger partial charge in [-0.15, -0.1) is 0 Å². The van der Waals surface area contributed by atoms with E-state index in [1.165, 1.54) is 19.4 Å². The molecule has 0 saturated carbocycles. The fourth-order valence-corrected chi connectivity index (χ4v) is 6.88. The van der Waals surface area contributed by atoms with E-state index in [-0.39, 0.29) is 19.3 Å². The SMILES string of the molecule is CN(C)c1ccc2c(c1)SI=c1cc(N(C)C)ccc1=N2. The smallest absolute Gasteiger partial charge is 0.0782 e. The van der Waals surface area contributed by atoms with E-state index in [0.717, 1.165) is 11.0 Å². The molecule has 5 heteroatoms. The summed E-state index contributed by atoms with van der Waals surface area (Å²) in [4.78, 5) is 10.5. The maximum absolute atomic E-state index is 4.87. The first-order valence-corrected chi connectivity index (χ1v) is 11.1. The van der Waals surface area contributed by atoms with Crippen LogP contribution in [0.25, 0.3) is 0 Å². The highest BCUT2D eigenvalue weighted by Crippen LogP contribution is 2.42. The minimum absolute atomic E-state index is 0.119.